The van der Waals surface area contributed by atoms with Crippen LogP contribution in [0, 0.1) is 0 Å². The molecule has 10 nitrogen and oxygen atoms in total. The Balaban J connectivity index is 1.85. The maximum Gasteiger partial charge on any atom is 0.416 e. The molecule has 0 saturated heterocycles. The number of carbonyl (C=O) groups is 4. The zero-order valence-electron chi connectivity index (χ0n) is 22.2. The first kappa shape index (κ1) is 32.0. The lowest BCUT2D eigenvalue weighted by Gasteiger charge is -2.22. The normalized spacial score (nSPS) is 11.8. The van der Waals surface area contributed by atoms with Crippen LogP contribution in [0.25, 0.3) is 11.3 Å². The summed E-state index contributed by atoms with van der Waals surface area (Å²) in [6.45, 7) is 0. The summed E-state index contributed by atoms with van der Waals surface area (Å²) in [6.07, 6.45) is -4.67. The molecule has 0 radical (unpaired) electrons. The number of nitrogens with one attached hydrogen (secondary N) is 1. The van der Waals surface area contributed by atoms with Crippen molar-refractivity contribution in [2.24, 2.45) is 0 Å². The van der Waals surface area contributed by atoms with Gasteiger partial charge >= 0.3 is 18.1 Å². The zero-order chi connectivity index (χ0) is 30.9. The number of methoxy groups -OCH3 is 1. The number of carboxylic acid groups (broad SMARTS) is 1. The molecule has 1 atom stereocenters. The zero-order valence-corrected chi connectivity index (χ0v) is 23.0. The fraction of sp³-hybridized carbons (Fsp3) is 0.286. The van der Waals surface area contributed by atoms with E-state index in [0.717, 1.165) is 36.3 Å². The maximum absolute atomic E-state index is 13.4. The highest BCUT2D eigenvalue weighted by Crippen LogP contribution is 2.32. The largest absolute Gasteiger partial charge is 0.481 e. The Morgan fingerprint density at radius 1 is 1.05 bits per heavy atom. The number of esters is 1. The van der Waals surface area contributed by atoms with E-state index in [1.54, 1.807) is 30.3 Å². The van der Waals surface area contributed by atoms with Crippen molar-refractivity contribution >= 4 is 47.0 Å². The van der Waals surface area contributed by atoms with Crippen LogP contribution in [0.5, 0.6) is 0 Å². The number of halogens is 4. The Labute approximate surface area is 243 Å². The molecular weight excluding hydrogens is 581 g/mol. The Bertz CT molecular complexity index is 1440. The van der Waals surface area contributed by atoms with Gasteiger partial charge in [0.15, 0.2) is 0 Å². The number of carbonyl (C=O) groups excluding carboxylic acids is 3. The van der Waals surface area contributed by atoms with Gasteiger partial charge in [0, 0.05) is 42.1 Å². The van der Waals surface area contributed by atoms with Gasteiger partial charge in [-0.15, -0.1) is 0 Å². The van der Waals surface area contributed by atoms with Gasteiger partial charge < -0.3 is 15.2 Å². The first-order chi connectivity index (χ1) is 19.9. The Morgan fingerprint density at radius 3 is 2.38 bits per heavy atom. The summed E-state index contributed by atoms with van der Waals surface area (Å²) in [5, 5.41) is 11.9. The highest BCUT2D eigenvalue weighted by atomic mass is 35.5. The third-order valence-corrected chi connectivity index (χ3v) is 6.18. The lowest BCUT2D eigenvalue weighted by Crippen LogP contribution is -2.38. The molecule has 2 aromatic carbocycles. The standard InChI is InChI=1S/C28H26ClF3N4O6/c1-42-26(41)16-20(7-12-25(39)40)34-23(37)10-11-24(38)36(21-8-5-18(6-9-21)28(30,31)32)27-33-14-13-22(35-27)17-3-2-4-19(29)15-17/h2-6,8-9,13-15,20H,7,10-12,16H2,1H3,(H,34,37)(H,39,40). The highest BCUT2D eigenvalue weighted by Gasteiger charge is 2.31. The van der Waals surface area contributed by atoms with Crippen molar-refractivity contribution in [2.45, 2.75) is 44.3 Å². The third kappa shape index (κ3) is 9.26. The second-order valence-electron chi connectivity index (χ2n) is 9.00. The van der Waals surface area contributed by atoms with Crippen LogP contribution in [0.1, 0.15) is 37.7 Å². The molecule has 0 aliphatic heterocycles. The minimum absolute atomic E-state index is 0.0293. The molecule has 2 N–H and O–H groups in total. The number of alkyl halides is 3. The first-order valence-corrected chi connectivity index (χ1v) is 12.9. The van der Waals surface area contributed by atoms with Crippen molar-refractivity contribution in [3.63, 3.8) is 0 Å². The van der Waals surface area contributed by atoms with E-state index in [-0.39, 0.29) is 37.3 Å². The van der Waals surface area contributed by atoms with E-state index in [0.29, 0.717) is 16.3 Å². The van der Waals surface area contributed by atoms with Crippen molar-refractivity contribution in [1.82, 2.24) is 15.3 Å². The summed E-state index contributed by atoms with van der Waals surface area (Å²) in [5.74, 6) is -3.29. The van der Waals surface area contributed by atoms with E-state index >= 15 is 0 Å². The molecule has 1 unspecified atom stereocenters. The number of aromatic nitrogens is 2. The molecule has 1 heterocycles. The summed E-state index contributed by atoms with van der Waals surface area (Å²) in [7, 11) is 1.15. The Morgan fingerprint density at radius 2 is 1.76 bits per heavy atom. The number of anilines is 2. The molecule has 0 bridgehead atoms. The molecule has 222 valence electrons. The van der Waals surface area contributed by atoms with E-state index < -0.39 is 48.0 Å². The summed E-state index contributed by atoms with van der Waals surface area (Å²) in [6, 6.07) is 11.2. The summed E-state index contributed by atoms with van der Waals surface area (Å²) >= 11 is 6.08. The molecule has 14 heteroatoms. The van der Waals surface area contributed by atoms with E-state index in [4.69, 9.17) is 16.7 Å². The van der Waals surface area contributed by atoms with Crippen molar-refractivity contribution < 1.29 is 42.2 Å². The molecule has 3 aromatic rings. The molecule has 1 aromatic heterocycles. The van der Waals surface area contributed by atoms with Gasteiger partial charge in [0.2, 0.25) is 17.8 Å². The number of rotatable bonds is 12. The monoisotopic (exact) mass is 606 g/mol. The molecule has 0 saturated carbocycles. The van der Waals surface area contributed by atoms with Crippen molar-refractivity contribution in [1.29, 1.82) is 0 Å². The number of amides is 2. The van der Waals surface area contributed by atoms with Gasteiger partial charge in [-0.2, -0.15) is 13.2 Å². The van der Waals surface area contributed by atoms with Crippen molar-refractivity contribution in [3.05, 3.63) is 71.4 Å². The minimum Gasteiger partial charge on any atom is -0.481 e. The predicted octanol–water partition coefficient (Wildman–Crippen LogP) is 5.17. The van der Waals surface area contributed by atoms with Gasteiger partial charge in [-0.1, -0.05) is 23.7 Å². The van der Waals surface area contributed by atoms with E-state index in [1.807, 2.05) is 0 Å². The van der Waals surface area contributed by atoms with Crippen LogP contribution >= 0.6 is 11.6 Å². The summed E-state index contributed by atoms with van der Waals surface area (Å²) < 4.78 is 44.1. The molecule has 0 fully saturated rings. The van der Waals surface area contributed by atoms with Crippen LogP contribution < -0.4 is 10.2 Å². The quantitative estimate of drug-likeness (QED) is 0.269. The SMILES string of the molecule is COC(=O)CC(CCC(=O)O)NC(=O)CCC(=O)N(c1ccc(C(F)(F)F)cc1)c1nccc(-c2cccc(Cl)c2)n1. The van der Waals surface area contributed by atoms with Crippen molar-refractivity contribution in [3.8, 4) is 11.3 Å². The van der Waals surface area contributed by atoms with Gasteiger partial charge in [-0.05, 0) is 48.9 Å². The predicted molar refractivity (Wildman–Crippen MR) is 146 cm³/mol. The van der Waals surface area contributed by atoms with E-state index in [9.17, 15) is 32.3 Å². The molecule has 3 rings (SSSR count). The van der Waals surface area contributed by atoms with Gasteiger partial charge in [0.1, 0.15) is 0 Å². The topological polar surface area (TPSA) is 139 Å². The average Bonchev–Trinajstić information content (AvgIpc) is 2.95. The number of carboxylic acids is 1. The Hall–Kier alpha value is -4.52. The molecule has 0 spiro atoms. The molecule has 0 aliphatic carbocycles. The van der Waals surface area contributed by atoms with E-state index in [1.165, 1.54) is 6.20 Å². The molecule has 2 amide bonds. The van der Waals surface area contributed by atoms with Crippen LogP contribution in [0.4, 0.5) is 24.8 Å². The van der Waals surface area contributed by atoms with Crippen LogP contribution in [-0.2, 0) is 30.1 Å². The third-order valence-electron chi connectivity index (χ3n) is 5.94. The number of nitrogens with zero attached hydrogens (tertiary/aromatic N) is 3. The van der Waals surface area contributed by atoms with Gasteiger partial charge in [-0.3, -0.25) is 19.2 Å². The van der Waals surface area contributed by atoms with Gasteiger partial charge in [0.05, 0.1) is 30.5 Å². The second-order valence-corrected chi connectivity index (χ2v) is 9.44. The maximum atomic E-state index is 13.4. The number of ether oxygens (including phenoxy) is 1. The van der Waals surface area contributed by atoms with Crippen LogP contribution in [-0.4, -0.2) is 52.0 Å². The number of hydrogen-bond acceptors (Lipinski definition) is 7. The number of aliphatic carboxylic acids is 1. The van der Waals surface area contributed by atoms with Crippen LogP contribution in [0.15, 0.2) is 60.8 Å². The fourth-order valence-electron chi connectivity index (χ4n) is 3.87. The van der Waals surface area contributed by atoms with E-state index in [2.05, 4.69) is 20.0 Å². The summed E-state index contributed by atoms with van der Waals surface area (Å²) in [4.78, 5) is 58.3. The second kappa shape index (κ2) is 14.4. The van der Waals surface area contributed by atoms with Gasteiger partial charge in [0.25, 0.3) is 0 Å². The molecule has 0 aliphatic rings. The van der Waals surface area contributed by atoms with Crippen LogP contribution in [0.2, 0.25) is 5.02 Å². The van der Waals surface area contributed by atoms with Gasteiger partial charge in [-0.25, -0.2) is 14.9 Å². The van der Waals surface area contributed by atoms with Crippen LogP contribution in [0.3, 0.4) is 0 Å². The summed E-state index contributed by atoms with van der Waals surface area (Å²) in [5.41, 5.74) is 0.0868. The average molecular weight is 607 g/mol. The smallest absolute Gasteiger partial charge is 0.416 e. The molecule has 42 heavy (non-hydrogen) atoms. The van der Waals surface area contributed by atoms with Crippen molar-refractivity contribution in [2.75, 3.05) is 12.0 Å². The highest BCUT2D eigenvalue weighted by molar-refractivity contribution is 6.30. The lowest BCUT2D eigenvalue weighted by molar-refractivity contribution is -0.142. The molecular formula is C28H26ClF3N4O6. The number of benzene rings is 2. The first-order valence-electron chi connectivity index (χ1n) is 12.5. The minimum atomic E-state index is -4.60. The number of hydrogen-bond donors (Lipinski definition) is 2. The fourth-order valence-corrected chi connectivity index (χ4v) is 4.07. The lowest BCUT2D eigenvalue weighted by atomic mass is 10.1. The Kier molecular flexibility index (Phi) is 11.0.